The number of rotatable bonds is 1. The van der Waals surface area contributed by atoms with Gasteiger partial charge in [0.15, 0.2) is 6.10 Å². The van der Waals surface area contributed by atoms with Gasteiger partial charge in [-0.3, -0.25) is 0 Å². The Kier molecular flexibility index (Phi) is 2.32. The first kappa shape index (κ1) is 10.3. The topological polar surface area (TPSA) is 72.6 Å². The number of hydrogen-bond donors (Lipinski definition) is 2. The van der Waals surface area contributed by atoms with Crippen LogP contribution in [0.4, 0.5) is 4.79 Å². The van der Waals surface area contributed by atoms with Gasteiger partial charge in [-0.2, -0.15) is 0 Å². The normalized spacial score (nSPS) is 28.5. The fraction of sp³-hybridized carbons (Fsp3) is 0.300. The van der Waals surface area contributed by atoms with Crippen molar-refractivity contribution < 1.29 is 14.6 Å². The van der Waals surface area contributed by atoms with E-state index in [1.54, 1.807) is 12.1 Å². The monoisotopic (exact) mass is 227 g/mol. The van der Waals surface area contributed by atoms with Crippen LogP contribution in [0.5, 0.6) is 0 Å². The summed E-state index contributed by atoms with van der Waals surface area (Å²) < 4.78 is 4.77. The number of primary amides is 1. The smallest absolute Gasteiger partial charge is 0.404 e. The molecule has 0 saturated carbocycles. The summed E-state index contributed by atoms with van der Waals surface area (Å²) in [7, 11) is 0. The lowest BCUT2D eigenvalue weighted by atomic mass is 10.1. The van der Waals surface area contributed by atoms with Crippen LogP contribution in [0.2, 0.25) is 0 Å². The molecule has 3 N–H and O–H groups in total. The molecule has 1 aliphatic rings. The molecule has 0 aromatic heterocycles. The van der Waals surface area contributed by atoms with E-state index in [0.29, 0.717) is 12.0 Å². The molecule has 0 heterocycles. The number of halogens is 1. The standard InChI is InChI=1S/C10H10ClNO3/c11-10(14)7-4-2-1-3-6(7)5-8(10)15-9(12)13/h1-4,8,14H,5H2,(H2,12,13). The number of hydrogen-bond acceptors (Lipinski definition) is 3. The first-order chi connectivity index (χ1) is 7.01. The van der Waals surface area contributed by atoms with Crippen LogP contribution >= 0.6 is 11.6 Å². The van der Waals surface area contributed by atoms with E-state index in [1.807, 2.05) is 12.1 Å². The lowest BCUT2D eigenvalue weighted by Gasteiger charge is -2.23. The van der Waals surface area contributed by atoms with Gasteiger partial charge in [0.25, 0.3) is 0 Å². The molecule has 1 aromatic rings. The van der Waals surface area contributed by atoms with Crippen molar-refractivity contribution in [1.29, 1.82) is 0 Å². The summed E-state index contributed by atoms with van der Waals surface area (Å²) in [5.74, 6) is 0. The number of carbonyl (C=O) groups excluding carboxylic acids is 1. The third kappa shape index (κ3) is 1.66. The van der Waals surface area contributed by atoms with Gasteiger partial charge in [0.05, 0.1) is 0 Å². The van der Waals surface area contributed by atoms with Crippen LogP contribution in [-0.4, -0.2) is 17.3 Å². The zero-order valence-electron chi connectivity index (χ0n) is 7.81. The molecule has 1 amide bonds. The predicted octanol–water partition coefficient (Wildman–Crippen LogP) is 1.09. The minimum Gasteiger partial charge on any atom is -0.441 e. The summed E-state index contributed by atoms with van der Waals surface area (Å²) in [6, 6.07) is 7.12. The maximum atomic E-state index is 10.6. The van der Waals surface area contributed by atoms with Crippen LogP contribution in [0, 0.1) is 0 Å². The number of alkyl halides is 1. The van der Waals surface area contributed by atoms with E-state index in [4.69, 9.17) is 22.1 Å². The van der Waals surface area contributed by atoms with Gasteiger partial charge in [-0.25, -0.2) is 4.79 Å². The van der Waals surface area contributed by atoms with E-state index in [2.05, 4.69) is 0 Å². The van der Waals surface area contributed by atoms with E-state index in [-0.39, 0.29) is 0 Å². The minimum absolute atomic E-state index is 0.374. The zero-order valence-corrected chi connectivity index (χ0v) is 8.57. The van der Waals surface area contributed by atoms with Gasteiger partial charge in [-0.15, -0.1) is 0 Å². The van der Waals surface area contributed by atoms with E-state index in [0.717, 1.165) is 5.56 Å². The number of amides is 1. The van der Waals surface area contributed by atoms with E-state index < -0.39 is 17.3 Å². The fourth-order valence-corrected chi connectivity index (χ4v) is 2.11. The molecule has 15 heavy (non-hydrogen) atoms. The Balaban J connectivity index is 2.34. The zero-order chi connectivity index (χ0) is 11.1. The summed E-state index contributed by atoms with van der Waals surface area (Å²) in [6.07, 6.45) is -1.39. The molecule has 80 valence electrons. The van der Waals surface area contributed by atoms with Gasteiger partial charge in [-0.1, -0.05) is 35.9 Å². The highest BCUT2D eigenvalue weighted by atomic mass is 35.5. The third-order valence-corrected chi connectivity index (χ3v) is 2.93. The maximum Gasteiger partial charge on any atom is 0.404 e. The van der Waals surface area contributed by atoms with Crippen molar-refractivity contribution >= 4 is 17.7 Å². The average Bonchev–Trinajstić information content (AvgIpc) is 2.39. The number of benzene rings is 1. The highest BCUT2D eigenvalue weighted by Crippen LogP contribution is 2.41. The number of nitrogens with two attached hydrogens (primary N) is 1. The molecule has 0 spiro atoms. The maximum absolute atomic E-state index is 10.6. The first-order valence-electron chi connectivity index (χ1n) is 4.47. The summed E-state index contributed by atoms with van der Waals surface area (Å²) >= 11 is 5.93. The molecule has 5 heteroatoms. The molecular formula is C10H10ClNO3. The summed E-state index contributed by atoms with van der Waals surface area (Å²) in [5.41, 5.74) is 6.33. The Labute approximate surface area is 91.6 Å². The molecule has 2 rings (SSSR count). The van der Waals surface area contributed by atoms with Crippen molar-refractivity contribution in [3.63, 3.8) is 0 Å². The van der Waals surface area contributed by atoms with Crippen molar-refractivity contribution in [2.24, 2.45) is 5.73 Å². The molecule has 0 fully saturated rings. The van der Waals surface area contributed by atoms with Crippen molar-refractivity contribution in [3.8, 4) is 0 Å². The lowest BCUT2D eigenvalue weighted by molar-refractivity contribution is -0.0123. The van der Waals surface area contributed by atoms with Gasteiger partial charge in [0, 0.05) is 12.0 Å². The van der Waals surface area contributed by atoms with Crippen LogP contribution < -0.4 is 5.73 Å². The molecular weight excluding hydrogens is 218 g/mol. The number of fused-ring (bicyclic) bond motifs is 1. The van der Waals surface area contributed by atoms with Crippen LogP contribution in [0.3, 0.4) is 0 Å². The second kappa shape index (κ2) is 3.40. The molecule has 2 unspecified atom stereocenters. The van der Waals surface area contributed by atoms with Crippen molar-refractivity contribution in [1.82, 2.24) is 0 Å². The molecule has 0 saturated heterocycles. The van der Waals surface area contributed by atoms with E-state index >= 15 is 0 Å². The molecule has 2 atom stereocenters. The second-order valence-corrected chi connectivity index (χ2v) is 4.04. The SMILES string of the molecule is NC(=O)OC1Cc2ccccc2C1(O)Cl. The highest BCUT2D eigenvalue weighted by molar-refractivity contribution is 6.23. The molecule has 1 aliphatic carbocycles. The molecule has 0 bridgehead atoms. The van der Waals surface area contributed by atoms with Crippen LogP contribution in [-0.2, 0) is 16.2 Å². The fourth-order valence-electron chi connectivity index (χ4n) is 1.81. The van der Waals surface area contributed by atoms with Gasteiger partial charge < -0.3 is 15.6 Å². The van der Waals surface area contributed by atoms with Crippen LogP contribution in [0.1, 0.15) is 11.1 Å². The van der Waals surface area contributed by atoms with Crippen LogP contribution in [0.25, 0.3) is 0 Å². The van der Waals surface area contributed by atoms with E-state index in [1.165, 1.54) is 0 Å². The van der Waals surface area contributed by atoms with Gasteiger partial charge in [0.1, 0.15) is 0 Å². The van der Waals surface area contributed by atoms with Crippen molar-refractivity contribution in [3.05, 3.63) is 35.4 Å². The average molecular weight is 228 g/mol. The Morgan fingerprint density at radius 3 is 2.87 bits per heavy atom. The van der Waals surface area contributed by atoms with Gasteiger partial charge in [-0.05, 0) is 5.56 Å². The number of carbonyl (C=O) groups is 1. The summed E-state index contributed by atoms with van der Waals surface area (Å²) in [4.78, 5) is 10.6. The van der Waals surface area contributed by atoms with Crippen molar-refractivity contribution in [2.75, 3.05) is 0 Å². The Hall–Kier alpha value is -1.26. The summed E-state index contributed by atoms with van der Waals surface area (Å²) in [5, 5.41) is 8.31. The highest BCUT2D eigenvalue weighted by Gasteiger charge is 2.46. The van der Waals surface area contributed by atoms with Crippen molar-refractivity contribution in [2.45, 2.75) is 17.6 Å². The Morgan fingerprint density at radius 1 is 1.60 bits per heavy atom. The number of ether oxygens (including phenoxy) is 1. The Bertz CT molecular complexity index is 405. The lowest BCUT2D eigenvalue weighted by Crippen LogP contribution is -2.35. The molecule has 1 aromatic carbocycles. The molecule has 0 radical (unpaired) electrons. The number of aliphatic hydroxyl groups is 1. The quantitative estimate of drug-likeness (QED) is 0.706. The Morgan fingerprint density at radius 2 is 2.27 bits per heavy atom. The van der Waals surface area contributed by atoms with Crippen LogP contribution in [0.15, 0.2) is 24.3 Å². The predicted molar refractivity (Wildman–Crippen MR) is 54.4 cm³/mol. The van der Waals surface area contributed by atoms with E-state index in [9.17, 15) is 9.90 Å². The minimum atomic E-state index is -1.67. The first-order valence-corrected chi connectivity index (χ1v) is 4.85. The molecule has 4 nitrogen and oxygen atoms in total. The third-order valence-electron chi connectivity index (χ3n) is 2.49. The van der Waals surface area contributed by atoms with Gasteiger partial charge in [0.2, 0.25) is 5.06 Å². The summed E-state index contributed by atoms with van der Waals surface area (Å²) in [6.45, 7) is 0. The molecule has 0 aliphatic heterocycles. The second-order valence-electron chi connectivity index (χ2n) is 3.46. The largest absolute Gasteiger partial charge is 0.441 e. The van der Waals surface area contributed by atoms with Gasteiger partial charge >= 0.3 is 6.09 Å².